The van der Waals surface area contributed by atoms with Gasteiger partial charge in [0.1, 0.15) is 24.3 Å². The minimum atomic E-state index is 0.0147. The summed E-state index contributed by atoms with van der Waals surface area (Å²) in [6, 6.07) is 11.9. The Morgan fingerprint density at radius 3 is 2.83 bits per heavy atom. The summed E-state index contributed by atoms with van der Waals surface area (Å²) in [7, 11) is 0. The van der Waals surface area contributed by atoms with Gasteiger partial charge in [-0.15, -0.1) is 0 Å². The van der Waals surface area contributed by atoms with Crippen LogP contribution in [-0.4, -0.2) is 47.7 Å². The number of aromatic nitrogens is 2. The Hall–Kier alpha value is -1.98. The SMILES string of the molecule is Cc1cc([C@@H]2CN(CCOc3ccccc3)CCO2)nc(C)n1. The highest BCUT2D eigenvalue weighted by molar-refractivity contribution is 5.20. The van der Waals surface area contributed by atoms with Gasteiger partial charge in [-0.3, -0.25) is 4.90 Å². The lowest BCUT2D eigenvalue weighted by Crippen LogP contribution is -2.40. The average Bonchev–Trinajstić information content (AvgIpc) is 2.55. The van der Waals surface area contributed by atoms with Gasteiger partial charge in [-0.2, -0.15) is 0 Å². The number of benzene rings is 1. The van der Waals surface area contributed by atoms with Gasteiger partial charge < -0.3 is 9.47 Å². The zero-order chi connectivity index (χ0) is 16.1. The molecule has 0 unspecified atom stereocenters. The quantitative estimate of drug-likeness (QED) is 0.849. The lowest BCUT2D eigenvalue weighted by molar-refractivity contribution is -0.0351. The van der Waals surface area contributed by atoms with Crippen LogP contribution in [0.5, 0.6) is 5.75 Å². The van der Waals surface area contributed by atoms with Gasteiger partial charge in [0.15, 0.2) is 0 Å². The summed E-state index contributed by atoms with van der Waals surface area (Å²) in [4.78, 5) is 11.2. The van der Waals surface area contributed by atoms with Crippen molar-refractivity contribution in [2.75, 3.05) is 32.8 Å². The Bertz CT molecular complexity index is 613. The van der Waals surface area contributed by atoms with Crippen LogP contribution in [0.15, 0.2) is 36.4 Å². The Kier molecular flexibility index (Phi) is 5.20. The highest BCUT2D eigenvalue weighted by Gasteiger charge is 2.23. The fourth-order valence-electron chi connectivity index (χ4n) is 2.80. The molecule has 1 aliphatic rings. The van der Waals surface area contributed by atoms with E-state index in [-0.39, 0.29) is 6.10 Å². The van der Waals surface area contributed by atoms with E-state index in [1.165, 1.54) is 0 Å². The average molecular weight is 313 g/mol. The molecule has 1 atom stereocenters. The Balaban J connectivity index is 1.53. The second-order valence-corrected chi connectivity index (χ2v) is 5.80. The molecule has 0 spiro atoms. The first-order chi connectivity index (χ1) is 11.2. The van der Waals surface area contributed by atoms with E-state index in [4.69, 9.17) is 9.47 Å². The molecule has 1 aliphatic heterocycles. The minimum absolute atomic E-state index is 0.0147. The summed E-state index contributed by atoms with van der Waals surface area (Å²) >= 11 is 0. The van der Waals surface area contributed by atoms with Gasteiger partial charge in [-0.25, -0.2) is 9.97 Å². The van der Waals surface area contributed by atoms with E-state index in [0.717, 1.165) is 49.2 Å². The first-order valence-electron chi connectivity index (χ1n) is 8.05. The van der Waals surface area contributed by atoms with Crippen molar-refractivity contribution in [2.24, 2.45) is 0 Å². The fourth-order valence-corrected chi connectivity index (χ4v) is 2.80. The molecule has 3 rings (SSSR count). The highest BCUT2D eigenvalue weighted by Crippen LogP contribution is 2.21. The molecule has 2 aromatic rings. The van der Waals surface area contributed by atoms with Crippen molar-refractivity contribution in [3.05, 3.63) is 53.6 Å². The third kappa shape index (κ3) is 4.50. The number of hydrogen-bond donors (Lipinski definition) is 0. The maximum absolute atomic E-state index is 5.90. The van der Waals surface area contributed by atoms with E-state index < -0.39 is 0 Å². The van der Waals surface area contributed by atoms with Crippen molar-refractivity contribution in [3.63, 3.8) is 0 Å². The van der Waals surface area contributed by atoms with Crippen molar-refractivity contribution in [1.29, 1.82) is 0 Å². The number of hydrogen-bond acceptors (Lipinski definition) is 5. The molecule has 0 aliphatic carbocycles. The molecule has 0 saturated carbocycles. The van der Waals surface area contributed by atoms with Gasteiger partial charge in [0.25, 0.3) is 0 Å². The molecule has 0 amide bonds. The van der Waals surface area contributed by atoms with Crippen molar-refractivity contribution in [2.45, 2.75) is 20.0 Å². The molecule has 1 saturated heterocycles. The van der Waals surface area contributed by atoms with Crippen LogP contribution in [0.25, 0.3) is 0 Å². The first-order valence-corrected chi connectivity index (χ1v) is 8.05. The topological polar surface area (TPSA) is 47.5 Å². The molecule has 1 aromatic heterocycles. The maximum atomic E-state index is 5.90. The first kappa shape index (κ1) is 15.9. The zero-order valence-electron chi connectivity index (χ0n) is 13.7. The summed E-state index contributed by atoms with van der Waals surface area (Å²) < 4.78 is 11.7. The molecule has 2 heterocycles. The molecule has 122 valence electrons. The number of rotatable bonds is 5. The van der Waals surface area contributed by atoms with Crippen LogP contribution in [0, 0.1) is 13.8 Å². The van der Waals surface area contributed by atoms with Gasteiger partial charge >= 0.3 is 0 Å². The number of morpholine rings is 1. The van der Waals surface area contributed by atoms with E-state index in [9.17, 15) is 0 Å². The van der Waals surface area contributed by atoms with Crippen molar-refractivity contribution in [3.8, 4) is 5.75 Å². The predicted molar refractivity (Wildman–Crippen MR) is 88.6 cm³/mol. The van der Waals surface area contributed by atoms with Gasteiger partial charge in [0, 0.05) is 25.3 Å². The van der Waals surface area contributed by atoms with Crippen molar-refractivity contribution < 1.29 is 9.47 Å². The third-order valence-electron chi connectivity index (χ3n) is 3.89. The number of aryl methyl sites for hydroxylation is 2. The summed E-state index contributed by atoms with van der Waals surface area (Å²) in [5, 5.41) is 0. The van der Waals surface area contributed by atoms with Crippen LogP contribution in [0.1, 0.15) is 23.3 Å². The predicted octanol–water partition coefficient (Wildman–Crippen LogP) is 2.55. The Morgan fingerprint density at radius 1 is 1.22 bits per heavy atom. The largest absolute Gasteiger partial charge is 0.492 e. The molecule has 5 nitrogen and oxygen atoms in total. The minimum Gasteiger partial charge on any atom is -0.492 e. The molecule has 5 heteroatoms. The van der Waals surface area contributed by atoms with E-state index in [0.29, 0.717) is 6.61 Å². The fraction of sp³-hybridized carbons (Fsp3) is 0.444. The standard InChI is InChI=1S/C18H23N3O2/c1-14-12-17(20-15(2)19-14)18-13-21(9-11-23-18)8-10-22-16-6-4-3-5-7-16/h3-7,12,18H,8-11,13H2,1-2H3/t18-/m0/s1. The summed E-state index contributed by atoms with van der Waals surface area (Å²) in [6.07, 6.45) is 0.0147. The van der Waals surface area contributed by atoms with Gasteiger partial charge in [0.2, 0.25) is 0 Å². The summed E-state index contributed by atoms with van der Waals surface area (Å²) in [5.74, 6) is 1.72. The van der Waals surface area contributed by atoms with Crippen LogP contribution < -0.4 is 4.74 Å². The zero-order valence-corrected chi connectivity index (χ0v) is 13.7. The molecule has 0 bridgehead atoms. The van der Waals surface area contributed by atoms with E-state index >= 15 is 0 Å². The van der Waals surface area contributed by atoms with Gasteiger partial charge in [0.05, 0.1) is 12.3 Å². The Labute approximate surface area is 137 Å². The molecule has 1 fully saturated rings. The number of para-hydroxylation sites is 1. The van der Waals surface area contributed by atoms with Crippen LogP contribution in [0.2, 0.25) is 0 Å². The highest BCUT2D eigenvalue weighted by atomic mass is 16.5. The van der Waals surface area contributed by atoms with Gasteiger partial charge in [-0.1, -0.05) is 18.2 Å². The second kappa shape index (κ2) is 7.53. The van der Waals surface area contributed by atoms with Crippen LogP contribution in [-0.2, 0) is 4.74 Å². The lowest BCUT2D eigenvalue weighted by atomic mass is 10.2. The molecular formula is C18H23N3O2. The molecule has 23 heavy (non-hydrogen) atoms. The molecular weight excluding hydrogens is 290 g/mol. The van der Waals surface area contributed by atoms with Crippen molar-refractivity contribution >= 4 is 0 Å². The summed E-state index contributed by atoms with van der Waals surface area (Å²) in [5.41, 5.74) is 1.96. The van der Waals surface area contributed by atoms with E-state index in [1.54, 1.807) is 0 Å². The van der Waals surface area contributed by atoms with Crippen LogP contribution in [0.4, 0.5) is 0 Å². The van der Waals surface area contributed by atoms with E-state index in [2.05, 4.69) is 14.9 Å². The van der Waals surface area contributed by atoms with Crippen LogP contribution in [0.3, 0.4) is 0 Å². The number of ether oxygens (including phenoxy) is 2. The smallest absolute Gasteiger partial charge is 0.125 e. The third-order valence-corrected chi connectivity index (χ3v) is 3.89. The number of nitrogens with zero attached hydrogens (tertiary/aromatic N) is 3. The van der Waals surface area contributed by atoms with Crippen molar-refractivity contribution in [1.82, 2.24) is 14.9 Å². The molecule has 0 radical (unpaired) electrons. The monoisotopic (exact) mass is 313 g/mol. The molecule has 1 aromatic carbocycles. The molecule has 0 N–H and O–H groups in total. The Morgan fingerprint density at radius 2 is 2.04 bits per heavy atom. The maximum Gasteiger partial charge on any atom is 0.125 e. The van der Waals surface area contributed by atoms with E-state index in [1.807, 2.05) is 50.2 Å². The lowest BCUT2D eigenvalue weighted by Gasteiger charge is -2.32. The van der Waals surface area contributed by atoms with Gasteiger partial charge in [-0.05, 0) is 32.0 Å². The van der Waals surface area contributed by atoms with Crippen LogP contribution >= 0.6 is 0 Å². The summed E-state index contributed by atoms with van der Waals surface area (Å²) in [6.45, 7) is 7.97. The second-order valence-electron chi connectivity index (χ2n) is 5.80. The normalized spacial score (nSPS) is 18.8.